The molecule has 0 unspecified atom stereocenters. The van der Waals surface area contributed by atoms with Crippen LogP contribution in [0.15, 0.2) is 30.3 Å². The van der Waals surface area contributed by atoms with E-state index in [1.165, 1.54) is 6.92 Å². The van der Waals surface area contributed by atoms with Crippen molar-refractivity contribution in [2.45, 2.75) is 32.2 Å². The third-order valence-electron chi connectivity index (χ3n) is 3.84. The van der Waals surface area contributed by atoms with E-state index >= 15 is 0 Å². The van der Waals surface area contributed by atoms with Crippen LogP contribution in [0, 0.1) is 0 Å². The Hall–Kier alpha value is -1.88. The summed E-state index contributed by atoms with van der Waals surface area (Å²) in [5, 5.41) is 3.24. The maximum Gasteiger partial charge on any atom is 0.332 e. The number of carbonyl (C=O) groups excluding carboxylic acids is 2. The number of piperidine rings is 1. The van der Waals surface area contributed by atoms with E-state index in [9.17, 15) is 9.59 Å². The Morgan fingerprint density at radius 2 is 1.86 bits per heavy atom. The lowest BCUT2D eigenvalue weighted by Gasteiger charge is -2.43. The van der Waals surface area contributed by atoms with Gasteiger partial charge in [-0.3, -0.25) is 9.69 Å². The molecule has 1 saturated heterocycles. The standard InChI is InChI=1S/C16H22N2O3/c1-3-21-15(20)16(9-11-17-12-10-16)18(13(2)19)14-7-5-4-6-8-14/h4-8,17H,3,9-12H2,1-2H3. The summed E-state index contributed by atoms with van der Waals surface area (Å²) in [5.74, 6) is -0.457. The SMILES string of the molecule is CCOC(=O)C1(N(C(C)=O)c2ccccc2)CCNCC1. The van der Waals surface area contributed by atoms with Crippen LogP contribution in [0.5, 0.6) is 0 Å². The van der Waals surface area contributed by atoms with Crippen molar-refractivity contribution in [1.29, 1.82) is 0 Å². The van der Waals surface area contributed by atoms with Crippen LogP contribution in [0.2, 0.25) is 0 Å². The highest BCUT2D eigenvalue weighted by atomic mass is 16.5. The molecule has 1 fully saturated rings. The van der Waals surface area contributed by atoms with Crippen LogP contribution in [0.4, 0.5) is 5.69 Å². The number of para-hydroxylation sites is 1. The van der Waals surface area contributed by atoms with Crippen molar-refractivity contribution in [3.63, 3.8) is 0 Å². The molecule has 5 heteroatoms. The van der Waals surface area contributed by atoms with Gasteiger partial charge in [0, 0.05) is 12.6 Å². The maximum absolute atomic E-state index is 12.6. The average molecular weight is 290 g/mol. The first-order valence-electron chi connectivity index (χ1n) is 7.35. The molecule has 1 aromatic carbocycles. The largest absolute Gasteiger partial charge is 0.464 e. The first-order valence-corrected chi connectivity index (χ1v) is 7.35. The molecule has 5 nitrogen and oxygen atoms in total. The van der Waals surface area contributed by atoms with E-state index in [2.05, 4.69) is 5.32 Å². The molecule has 0 atom stereocenters. The lowest BCUT2D eigenvalue weighted by atomic mass is 9.85. The van der Waals surface area contributed by atoms with Crippen LogP contribution in [-0.2, 0) is 14.3 Å². The van der Waals surface area contributed by atoms with Gasteiger partial charge in [-0.2, -0.15) is 0 Å². The van der Waals surface area contributed by atoms with E-state index in [4.69, 9.17) is 4.74 Å². The molecule has 0 saturated carbocycles. The fraction of sp³-hybridized carbons (Fsp3) is 0.500. The fourth-order valence-electron chi connectivity index (χ4n) is 2.93. The Balaban J connectivity index is 2.45. The number of carbonyl (C=O) groups is 2. The minimum Gasteiger partial charge on any atom is -0.464 e. The number of nitrogens with zero attached hydrogens (tertiary/aromatic N) is 1. The number of amides is 1. The summed E-state index contributed by atoms with van der Waals surface area (Å²) in [6, 6.07) is 9.33. The molecule has 1 amide bonds. The van der Waals surface area contributed by atoms with Crippen molar-refractivity contribution in [1.82, 2.24) is 5.32 Å². The van der Waals surface area contributed by atoms with Gasteiger partial charge in [-0.1, -0.05) is 18.2 Å². The van der Waals surface area contributed by atoms with Crippen LogP contribution < -0.4 is 10.2 Å². The first kappa shape index (κ1) is 15.5. The number of anilines is 1. The molecule has 1 heterocycles. The zero-order valence-electron chi connectivity index (χ0n) is 12.6. The molecular weight excluding hydrogens is 268 g/mol. The molecule has 0 spiro atoms. The van der Waals surface area contributed by atoms with Crippen molar-refractivity contribution < 1.29 is 14.3 Å². The van der Waals surface area contributed by atoms with Gasteiger partial charge in [0.2, 0.25) is 5.91 Å². The topological polar surface area (TPSA) is 58.6 Å². The molecule has 0 bridgehead atoms. The molecule has 1 aromatic rings. The Bertz CT molecular complexity index is 496. The van der Waals surface area contributed by atoms with E-state index in [0.717, 1.165) is 5.69 Å². The van der Waals surface area contributed by atoms with Gasteiger partial charge in [0.15, 0.2) is 0 Å². The Morgan fingerprint density at radius 1 is 1.24 bits per heavy atom. The summed E-state index contributed by atoms with van der Waals surface area (Å²) >= 11 is 0. The summed E-state index contributed by atoms with van der Waals surface area (Å²) in [7, 11) is 0. The maximum atomic E-state index is 12.6. The van der Waals surface area contributed by atoms with Crippen LogP contribution in [0.1, 0.15) is 26.7 Å². The van der Waals surface area contributed by atoms with Gasteiger partial charge < -0.3 is 10.1 Å². The monoisotopic (exact) mass is 290 g/mol. The van der Waals surface area contributed by atoms with Crippen molar-refractivity contribution in [3.05, 3.63) is 30.3 Å². The molecule has 114 valence electrons. The average Bonchev–Trinajstić information content (AvgIpc) is 2.49. The molecule has 1 aliphatic rings. The molecular formula is C16H22N2O3. The predicted molar refractivity (Wildman–Crippen MR) is 81.1 cm³/mol. The van der Waals surface area contributed by atoms with Gasteiger partial charge in [-0.15, -0.1) is 0 Å². The van der Waals surface area contributed by atoms with Crippen molar-refractivity contribution >= 4 is 17.6 Å². The van der Waals surface area contributed by atoms with Gasteiger partial charge in [-0.25, -0.2) is 4.79 Å². The summed E-state index contributed by atoms with van der Waals surface area (Å²) in [4.78, 5) is 26.5. The number of ether oxygens (including phenoxy) is 1. The van der Waals surface area contributed by atoms with Crippen molar-refractivity contribution in [2.75, 3.05) is 24.6 Å². The molecule has 1 aliphatic heterocycles. The summed E-state index contributed by atoms with van der Waals surface area (Å²) in [5.41, 5.74) is -0.172. The second-order valence-electron chi connectivity index (χ2n) is 5.19. The predicted octanol–water partition coefficient (Wildman–Crippen LogP) is 1.72. The third-order valence-corrected chi connectivity index (χ3v) is 3.84. The third kappa shape index (κ3) is 3.08. The molecule has 1 N–H and O–H groups in total. The molecule has 0 radical (unpaired) electrons. The van der Waals surface area contributed by atoms with E-state index in [1.807, 2.05) is 30.3 Å². The zero-order valence-corrected chi connectivity index (χ0v) is 12.6. The normalized spacial score (nSPS) is 17.0. The minimum absolute atomic E-state index is 0.142. The molecule has 2 rings (SSSR count). The highest BCUT2D eigenvalue weighted by Gasteiger charge is 2.48. The summed E-state index contributed by atoms with van der Waals surface area (Å²) in [6.07, 6.45) is 1.11. The van der Waals surface area contributed by atoms with Crippen molar-refractivity contribution in [2.24, 2.45) is 0 Å². The van der Waals surface area contributed by atoms with Crippen molar-refractivity contribution in [3.8, 4) is 0 Å². The Kier molecular flexibility index (Phi) is 4.96. The van der Waals surface area contributed by atoms with Crippen LogP contribution in [0.25, 0.3) is 0 Å². The molecule has 0 aromatic heterocycles. The second-order valence-corrected chi connectivity index (χ2v) is 5.19. The van der Waals surface area contributed by atoms with Gasteiger partial charge in [-0.05, 0) is 45.0 Å². The fourth-order valence-corrected chi connectivity index (χ4v) is 2.93. The number of hydrogen-bond donors (Lipinski definition) is 1. The van der Waals surface area contributed by atoms with E-state index in [0.29, 0.717) is 32.5 Å². The van der Waals surface area contributed by atoms with Gasteiger partial charge in [0.25, 0.3) is 0 Å². The number of esters is 1. The number of hydrogen-bond acceptors (Lipinski definition) is 4. The molecule has 0 aliphatic carbocycles. The van der Waals surface area contributed by atoms with E-state index in [-0.39, 0.29) is 11.9 Å². The lowest BCUT2D eigenvalue weighted by Crippen LogP contribution is -2.62. The number of rotatable bonds is 4. The minimum atomic E-state index is -0.908. The molecule has 21 heavy (non-hydrogen) atoms. The Morgan fingerprint density at radius 3 is 2.38 bits per heavy atom. The van der Waals surface area contributed by atoms with Gasteiger partial charge in [0.05, 0.1) is 6.61 Å². The van der Waals surface area contributed by atoms with Crippen LogP contribution in [0.3, 0.4) is 0 Å². The van der Waals surface area contributed by atoms with Crippen LogP contribution >= 0.6 is 0 Å². The highest BCUT2D eigenvalue weighted by Crippen LogP contribution is 2.33. The second kappa shape index (κ2) is 6.72. The van der Waals surface area contributed by atoms with Gasteiger partial charge >= 0.3 is 5.97 Å². The van der Waals surface area contributed by atoms with Crippen LogP contribution in [-0.4, -0.2) is 37.1 Å². The Labute approximate surface area is 125 Å². The smallest absolute Gasteiger partial charge is 0.332 e. The van der Waals surface area contributed by atoms with Gasteiger partial charge in [0.1, 0.15) is 5.54 Å². The lowest BCUT2D eigenvalue weighted by molar-refractivity contribution is -0.152. The highest BCUT2D eigenvalue weighted by molar-refractivity contribution is 6.01. The summed E-state index contributed by atoms with van der Waals surface area (Å²) < 4.78 is 5.28. The summed E-state index contributed by atoms with van der Waals surface area (Å²) in [6.45, 7) is 4.97. The number of nitrogens with one attached hydrogen (secondary N) is 1. The van der Waals surface area contributed by atoms with E-state index in [1.54, 1.807) is 11.8 Å². The number of benzene rings is 1. The zero-order chi connectivity index (χ0) is 15.3. The first-order chi connectivity index (χ1) is 10.1. The quantitative estimate of drug-likeness (QED) is 0.858. The van der Waals surface area contributed by atoms with E-state index < -0.39 is 5.54 Å².